The minimum Gasteiger partial charge on any atom is -0.463 e. The number of rotatable bonds is 26. The van der Waals surface area contributed by atoms with Gasteiger partial charge >= 0.3 is 11.9 Å². The van der Waals surface area contributed by atoms with E-state index in [2.05, 4.69) is 13.8 Å². The molecule has 7 heteroatoms. The minimum absolute atomic E-state index is 0.147. The highest BCUT2D eigenvalue weighted by molar-refractivity contribution is 5.69. The maximum atomic E-state index is 11.8. The molecule has 0 spiro atoms. The molecule has 0 aromatic rings. The summed E-state index contributed by atoms with van der Waals surface area (Å²) in [4.78, 5) is 25.6. The van der Waals surface area contributed by atoms with Crippen molar-refractivity contribution in [2.75, 3.05) is 33.5 Å². The molecule has 0 aromatic carbocycles. The van der Waals surface area contributed by atoms with Crippen molar-refractivity contribution in [1.82, 2.24) is 4.90 Å². The molecule has 0 radical (unpaired) electrons. The molecule has 7 nitrogen and oxygen atoms in total. The predicted octanol–water partition coefficient (Wildman–Crippen LogP) is 7.01. The van der Waals surface area contributed by atoms with Crippen molar-refractivity contribution in [1.29, 1.82) is 0 Å². The van der Waals surface area contributed by atoms with Gasteiger partial charge in [-0.3, -0.25) is 14.5 Å². The molecule has 0 aliphatic carbocycles. The van der Waals surface area contributed by atoms with Gasteiger partial charge < -0.3 is 18.9 Å². The second kappa shape index (κ2) is 25.5. The molecule has 2 unspecified atom stereocenters. The molecular weight excluding hydrogens is 458 g/mol. The number of esters is 2. The Morgan fingerprint density at radius 1 is 0.556 bits per heavy atom. The van der Waals surface area contributed by atoms with Crippen molar-refractivity contribution in [3.8, 4) is 0 Å². The summed E-state index contributed by atoms with van der Waals surface area (Å²) in [6.45, 7) is 9.51. The first-order chi connectivity index (χ1) is 17.4. The fourth-order valence-electron chi connectivity index (χ4n) is 3.88. The molecule has 36 heavy (non-hydrogen) atoms. The summed E-state index contributed by atoms with van der Waals surface area (Å²) in [5, 5.41) is 0. The van der Waals surface area contributed by atoms with Crippen LogP contribution in [-0.2, 0) is 28.5 Å². The van der Waals surface area contributed by atoms with E-state index in [1.807, 2.05) is 25.8 Å². The van der Waals surface area contributed by atoms with Crippen LogP contribution in [0.1, 0.15) is 130 Å². The normalized spacial score (nSPS) is 13.1. The molecule has 0 fully saturated rings. The van der Waals surface area contributed by atoms with Gasteiger partial charge in [-0.2, -0.15) is 0 Å². The van der Waals surface area contributed by atoms with Crippen LogP contribution in [0.4, 0.5) is 0 Å². The fraction of sp³-hybridized carbons (Fsp3) is 0.931. The molecule has 0 aliphatic heterocycles. The largest absolute Gasteiger partial charge is 0.463 e. The second-order valence-corrected chi connectivity index (χ2v) is 9.79. The first kappa shape index (κ1) is 34.8. The van der Waals surface area contributed by atoms with Crippen LogP contribution >= 0.6 is 0 Å². The molecule has 0 amide bonds. The van der Waals surface area contributed by atoms with E-state index < -0.39 is 0 Å². The first-order valence-electron chi connectivity index (χ1n) is 14.7. The third-order valence-corrected chi connectivity index (χ3v) is 6.53. The molecule has 0 aliphatic rings. The van der Waals surface area contributed by atoms with E-state index in [0.29, 0.717) is 26.1 Å². The van der Waals surface area contributed by atoms with Crippen molar-refractivity contribution in [3.63, 3.8) is 0 Å². The van der Waals surface area contributed by atoms with Crippen LogP contribution in [0.15, 0.2) is 0 Å². The highest BCUT2D eigenvalue weighted by Crippen LogP contribution is 2.10. The van der Waals surface area contributed by atoms with Crippen LogP contribution in [0.2, 0.25) is 0 Å². The van der Waals surface area contributed by atoms with Crippen molar-refractivity contribution in [3.05, 3.63) is 0 Å². The van der Waals surface area contributed by atoms with E-state index in [0.717, 1.165) is 25.7 Å². The van der Waals surface area contributed by atoms with E-state index in [1.165, 1.54) is 64.2 Å². The lowest BCUT2D eigenvalue weighted by atomic mass is 10.1. The Morgan fingerprint density at radius 3 is 1.25 bits per heavy atom. The Hall–Kier alpha value is -1.18. The molecular formula is C29H57NO6. The van der Waals surface area contributed by atoms with Gasteiger partial charge in [-0.15, -0.1) is 0 Å². The van der Waals surface area contributed by atoms with Crippen molar-refractivity contribution in [2.24, 2.45) is 0 Å². The number of hydrogen-bond donors (Lipinski definition) is 0. The van der Waals surface area contributed by atoms with E-state index in [4.69, 9.17) is 18.9 Å². The van der Waals surface area contributed by atoms with E-state index in [-0.39, 0.29) is 37.6 Å². The Balaban J connectivity index is 3.68. The average Bonchev–Trinajstić information content (AvgIpc) is 2.87. The van der Waals surface area contributed by atoms with Crippen LogP contribution < -0.4 is 0 Å². The molecule has 0 saturated heterocycles. The van der Waals surface area contributed by atoms with Crippen molar-refractivity contribution < 1.29 is 28.5 Å². The van der Waals surface area contributed by atoms with Crippen molar-refractivity contribution >= 4 is 11.9 Å². The van der Waals surface area contributed by atoms with Crippen LogP contribution in [-0.4, -0.2) is 62.8 Å². The van der Waals surface area contributed by atoms with Gasteiger partial charge in [-0.25, -0.2) is 0 Å². The molecule has 0 heterocycles. The number of carbonyl (C=O) groups is 2. The van der Waals surface area contributed by atoms with E-state index in [1.54, 1.807) is 0 Å². The van der Waals surface area contributed by atoms with Gasteiger partial charge in [-0.1, -0.05) is 90.9 Å². The molecule has 0 rings (SSSR count). The zero-order valence-electron chi connectivity index (χ0n) is 24.2. The Labute approximate surface area is 221 Å². The van der Waals surface area contributed by atoms with Crippen LogP contribution in [0.5, 0.6) is 0 Å². The lowest BCUT2D eigenvalue weighted by Crippen LogP contribution is -2.41. The summed E-state index contributed by atoms with van der Waals surface area (Å²) in [6.07, 6.45) is 17.2. The molecule has 214 valence electrons. The van der Waals surface area contributed by atoms with Crippen LogP contribution in [0.25, 0.3) is 0 Å². The lowest BCUT2D eigenvalue weighted by Gasteiger charge is -2.30. The summed E-state index contributed by atoms with van der Waals surface area (Å²) >= 11 is 0. The third-order valence-electron chi connectivity index (χ3n) is 6.53. The molecule has 0 aromatic heterocycles. The summed E-state index contributed by atoms with van der Waals surface area (Å²) < 4.78 is 22.1. The van der Waals surface area contributed by atoms with Crippen molar-refractivity contribution in [2.45, 2.75) is 143 Å². The quantitative estimate of drug-likeness (QED) is 0.0696. The number of ether oxygens (including phenoxy) is 4. The average molecular weight is 516 g/mol. The maximum Gasteiger partial charge on any atom is 0.305 e. The monoisotopic (exact) mass is 515 g/mol. The SMILES string of the molecule is CCCCCCCCCC(=O)OCCOC(C)N(C)C(C)OCCOC(=O)CCCCCCCCC. The summed E-state index contributed by atoms with van der Waals surface area (Å²) in [5.41, 5.74) is 0. The zero-order chi connectivity index (χ0) is 26.9. The van der Waals surface area contributed by atoms with Gasteiger partial charge in [0.15, 0.2) is 0 Å². The summed E-state index contributed by atoms with van der Waals surface area (Å²) in [7, 11) is 1.91. The number of nitrogens with zero attached hydrogens (tertiary/aromatic N) is 1. The number of hydrogen-bond acceptors (Lipinski definition) is 7. The Kier molecular flexibility index (Phi) is 24.6. The van der Waals surface area contributed by atoms with Gasteiger partial charge in [-0.05, 0) is 33.7 Å². The van der Waals surface area contributed by atoms with Gasteiger partial charge in [0.05, 0.1) is 13.2 Å². The summed E-state index contributed by atoms with van der Waals surface area (Å²) in [5.74, 6) is -0.294. The first-order valence-corrected chi connectivity index (χ1v) is 14.7. The highest BCUT2D eigenvalue weighted by Gasteiger charge is 2.17. The number of carbonyl (C=O) groups excluding carboxylic acids is 2. The predicted molar refractivity (Wildman–Crippen MR) is 146 cm³/mol. The maximum absolute atomic E-state index is 11.8. The van der Waals surface area contributed by atoms with Gasteiger partial charge in [0.25, 0.3) is 0 Å². The van der Waals surface area contributed by atoms with E-state index in [9.17, 15) is 9.59 Å². The Morgan fingerprint density at radius 2 is 0.889 bits per heavy atom. The summed E-state index contributed by atoms with van der Waals surface area (Å²) in [6, 6.07) is 0. The molecule has 2 atom stereocenters. The van der Waals surface area contributed by atoms with Gasteiger partial charge in [0.2, 0.25) is 0 Å². The van der Waals surface area contributed by atoms with Crippen LogP contribution in [0, 0.1) is 0 Å². The number of unbranched alkanes of at least 4 members (excludes halogenated alkanes) is 12. The van der Waals surface area contributed by atoms with Crippen LogP contribution in [0.3, 0.4) is 0 Å². The van der Waals surface area contributed by atoms with Gasteiger partial charge in [0.1, 0.15) is 25.7 Å². The minimum atomic E-state index is -0.193. The standard InChI is InChI=1S/C29H57NO6/c1-6-8-10-12-14-16-18-20-28(31)35-24-22-33-26(3)30(5)27(4)34-23-25-36-29(32)21-19-17-15-13-11-9-7-2/h26-27H,6-25H2,1-5H3. The molecule has 0 saturated carbocycles. The zero-order valence-corrected chi connectivity index (χ0v) is 24.2. The lowest BCUT2D eigenvalue weighted by molar-refractivity contribution is -0.157. The smallest absolute Gasteiger partial charge is 0.305 e. The third kappa shape index (κ3) is 22.1. The Bertz CT molecular complexity index is 472. The van der Waals surface area contributed by atoms with E-state index >= 15 is 0 Å². The highest BCUT2D eigenvalue weighted by atomic mass is 16.6. The second-order valence-electron chi connectivity index (χ2n) is 9.79. The molecule has 0 bridgehead atoms. The molecule has 0 N–H and O–H groups in total. The topological polar surface area (TPSA) is 74.3 Å². The fourth-order valence-corrected chi connectivity index (χ4v) is 3.88. The van der Waals surface area contributed by atoms with Gasteiger partial charge in [0, 0.05) is 12.8 Å².